The van der Waals surface area contributed by atoms with Crippen LogP contribution in [0.4, 0.5) is 0 Å². The third kappa shape index (κ3) is 4.03. The highest BCUT2D eigenvalue weighted by atomic mass is 16.5. The average Bonchev–Trinajstić information content (AvgIpc) is 3.00. The molecule has 24 heavy (non-hydrogen) atoms. The van der Waals surface area contributed by atoms with Crippen LogP contribution in [0.2, 0.25) is 0 Å². The topological polar surface area (TPSA) is 47.3 Å². The van der Waals surface area contributed by atoms with E-state index in [1.54, 1.807) is 0 Å². The number of aliphatic hydroxyl groups excluding tert-OH is 1. The zero-order valence-electron chi connectivity index (χ0n) is 13.9. The lowest BCUT2D eigenvalue weighted by Crippen LogP contribution is -2.05. The third-order valence-electron chi connectivity index (χ3n) is 3.84. The first-order valence-electron chi connectivity index (χ1n) is 8.20. The van der Waals surface area contributed by atoms with Crippen LogP contribution in [0.5, 0.6) is 5.75 Å². The lowest BCUT2D eigenvalue weighted by atomic mass is 10.1. The van der Waals surface area contributed by atoms with E-state index in [1.165, 1.54) is 5.56 Å². The number of hydrogen-bond acceptors (Lipinski definition) is 3. The Morgan fingerprint density at radius 1 is 1.04 bits per heavy atom. The summed E-state index contributed by atoms with van der Waals surface area (Å²) in [5.41, 5.74) is 4.23. The van der Waals surface area contributed by atoms with Crippen molar-refractivity contribution in [1.29, 1.82) is 0 Å². The molecule has 2 aromatic carbocycles. The molecule has 0 fully saturated rings. The Hall–Kier alpha value is -2.59. The Labute approximate surface area is 142 Å². The van der Waals surface area contributed by atoms with Gasteiger partial charge in [-0.3, -0.25) is 0 Å². The molecule has 0 bridgehead atoms. The van der Waals surface area contributed by atoms with Gasteiger partial charge in [0.05, 0.1) is 17.1 Å². The van der Waals surface area contributed by atoms with Crippen LogP contribution in [0, 0.1) is 6.92 Å². The van der Waals surface area contributed by atoms with Gasteiger partial charge in [-0.2, -0.15) is 5.10 Å². The zero-order valence-corrected chi connectivity index (χ0v) is 13.9. The second kappa shape index (κ2) is 7.79. The first kappa shape index (κ1) is 16.3. The van der Waals surface area contributed by atoms with Gasteiger partial charge in [-0.05, 0) is 55.7 Å². The van der Waals surface area contributed by atoms with Crippen molar-refractivity contribution in [3.8, 4) is 11.4 Å². The van der Waals surface area contributed by atoms with Crippen LogP contribution in [0.15, 0.2) is 60.7 Å². The van der Waals surface area contributed by atoms with Crippen LogP contribution in [0.1, 0.15) is 23.4 Å². The number of aliphatic hydroxyl groups is 1. The molecule has 1 aromatic heterocycles. The van der Waals surface area contributed by atoms with Crippen LogP contribution in [0.3, 0.4) is 0 Å². The third-order valence-corrected chi connectivity index (χ3v) is 3.84. The van der Waals surface area contributed by atoms with Crippen LogP contribution < -0.4 is 4.74 Å². The summed E-state index contributed by atoms with van der Waals surface area (Å²) in [5.74, 6) is 0.834. The number of para-hydroxylation sites is 1. The van der Waals surface area contributed by atoms with E-state index in [2.05, 4.69) is 5.10 Å². The van der Waals surface area contributed by atoms with Gasteiger partial charge >= 0.3 is 0 Å². The molecule has 0 saturated heterocycles. The fourth-order valence-corrected chi connectivity index (χ4v) is 2.64. The highest BCUT2D eigenvalue weighted by Gasteiger charge is 2.08. The molecule has 1 heterocycles. The van der Waals surface area contributed by atoms with E-state index >= 15 is 0 Å². The maximum Gasteiger partial charge on any atom is 0.130 e. The van der Waals surface area contributed by atoms with Crippen LogP contribution in [-0.4, -0.2) is 21.5 Å². The van der Waals surface area contributed by atoms with Gasteiger partial charge in [0.2, 0.25) is 0 Å². The Morgan fingerprint density at radius 3 is 2.50 bits per heavy atom. The molecule has 4 heteroatoms. The molecular weight excluding hydrogens is 300 g/mol. The van der Waals surface area contributed by atoms with Gasteiger partial charge in [-0.1, -0.05) is 30.3 Å². The molecule has 3 rings (SSSR count). The van der Waals surface area contributed by atoms with Gasteiger partial charge in [-0.25, -0.2) is 4.68 Å². The zero-order chi connectivity index (χ0) is 16.8. The SMILES string of the molecule is Cc1cc(COc2ccc(CCCO)cc2)n(-c2ccccc2)n1. The predicted octanol–water partition coefficient (Wildman–Crippen LogP) is 3.68. The van der Waals surface area contributed by atoms with Crippen molar-refractivity contribution in [2.45, 2.75) is 26.4 Å². The van der Waals surface area contributed by atoms with Gasteiger partial charge < -0.3 is 9.84 Å². The van der Waals surface area contributed by atoms with E-state index < -0.39 is 0 Å². The van der Waals surface area contributed by atoms with E-state index in [9.17, 15) is 0 Å². The summed E-state index contributed by atoms with van der Waals surface area (Å²) >= 11 is 0. The summed E-state index contributed by atoms with van der Waals surface area (Å²) in [7, 11) is 0. The highest BCUT2D eigenvalue weighted by molar-refractivity contribution is 5.33. The number of rotatable bonds is 7. The van der Waals surface area contributed by atoms with Gasteiger partial charge in [0, 0.05) is 6.61 Å². The lowest BCUT2D eigenvalue weighted by Gasteiger charge is -2.10. The maximum atomic E-state index is 8.88. The Bertz CT molecular complexity index is 764. The first-order valence-corrected chi connectivity index (χ1v) is 8.20. The molecule has 124 valence electrons. The van der Waals surface area contributed by atoms with Gasteiger partial charge in [0.15, 0.2) is 0 Å². The van der Waals surface area contributed by atoms with Crippen molar-refractivity contribution < 1.29 is 9.84 Å². The largest absolute Gasteiger partial charge is 0.487 e. The minimum Gasteiger partial charge on any atom is -0.487 e. The number of benzene rings is 2. The van der Waals surface area contributed by atoms with E-state index in [4.69, 9.17) is 9.84 Å². The summed E-state index contributed by atoms with van der Waals surface area (Å²) in [6.07, 6.45) is 1.67. The molecule has 1 N–H and O–H groups in total. The summed E-state index contributed by atoms with van der Waals surface area (Å²) in [6.45, 7) is 2.67. The molecule has 0 radical (unpaired) electrons. The average molecular weight is 322 g/mol. The van der Waals surface area contributed by atoms with Crippen molar-refractivity contribution in [3.63, 3.8) is 0 Å². The second-order valence-corrected chi connectivity index (χ2v) is 5.78. The number of aryl methyl sites for hydroxylation is 2. The van der Waals surface area contributed by atoms with E-state index in [0.29, 0.717) is 6.61 Å². The fourth-order valence-electron chi connectivity index (χ4n) is 2.64. The molecular formula is C20H22N2O2. The molecule has 3 aromatic rings. The smallest absolute Gasteiger partial charge is 0.130 e. The maximum absolute atomic E-state index is 8.88. The van der Waals surface area contributed by atoms with Crippen LogP contribution in [-0.2, 0) is 13.0 Å². The molecule has 0 amide bonds. The van der Waals surface area contributed by atoms with E-state index in [-0.39, 0.29) is 6.61 Å². The Balaban J connectivity index is 1.69. The lowest BCUT2D eigenvalue weighted by molar-refractivity contribution is 0.288. The summed E-state index contributed by atoms with van der Waals surface area (Å²) in [6, 6.07) is 20.2. The number of aromatic nitrogens is 2. The molecule has 0 aliphatic carbocycles. The minimum atomic E-state index is 0.223. The van der Waals surface area contributed by atoms with Crippen molar-refractivity contribution in [1.82, 2.24) is 9.78 Å². The summed E-state index contributed by atoms with van der Waals surface area (Å²) < 4.78 is 7.84. The Morgan fingerprint density at radius 2 is 1.79 bits per heavy atom. The van der Waals surface area contributed by atoms with Crippen molar-refractivity contribution >= 4 is 0 Å². The van der Waals surface area contributed by atoms with Crippen molar-refractivity contribution in [3.05, 3.63) is 77.6 Å². The summed E-state index contributed by atoms with van der Waals surface area (Å²) in [4.78, 5) is 0. The molecule has 0 aliphatic heterocycles. The van der Waals surface area contributed by atoms with Crippen molar-refractivity contribution in [2.75, 3.05) is 6.61 Å². The minimum absolute atomic E-state index is 0.223. The fraction of sp³-hybridized carbons (Fsp3) is 0.250. The molecule has 0 atom stereocenters. The molecule has 0 spiro atoms. The number of hydrogen-bond donors (Lipinski definition) is 1. The predicted molar refractivity (Wildman–Crippen MR) is 94.5 cm³/mol. The monoisotopic (exact) mass is 322 g/mol. The number of ether oxygens (including phenoxy) is 1. The van der Waals surface area contributed by atoms with Gasteiger partial charge in [-0.15, -0.1) is 0 Å². The normalized spacial score (nSPS) is 10.8. The van der Waals surface area contributed by atoms with Gasteiger partial charge in [0.1, 0.15) is 12.4 Å². The molecule has 0 unspecified atom stereocenters. The molecule has 0 saturated carbocycles. The Kier molecular flexibility index (Phi) is 5.29. The summed E-state index contributed by atoms with van der Waals surface area (Å²) in [5, 5.41) is 13.4. The van der Waals surface area contributed by atoms with E-state index in [1.807, 2.05) is 72.3 Å². The first-order chi connectivity index (χ1) is 11.8. The molecule has 4 nitrogen and oxygen atoms in total. The second-order valence-electron chi connectivity index (χ2n) is 5.78. The van der Waals surface area contributed by atoms with Crippen molar-refractivity contribution in [2.24, 2.45) is 0 Å². The quantitative estimate of drug-likeness (QED) is 0.722. The highest BCUT2D eigenvalue weighted by Crippen LogP contribution is 2.17. The molecule has 0 aliphatic rings. The van der Waals surface area contributed by atoms with Crippen LogP contribution >= 0.6 is 0 Å². The standard InChI is InChI=1S/C20H22N2O2/c1-16-14-19(22(21-16)18-7-3-2-4-8-18)15-24-20-11-9-17(10-12-20)6-5-13-23/h2-4,7-12,14,23H,5-6,13,15H2,1H3. The van der Waals surface area contributed by atoms with Crippen LogP contribution in [0.25, 0.3) is 5.69 Å². The van der Waals surface area contributed by atoms with Gasteiger partial charge in [0.25, 0.3) is 0 Å². The van der Waals surface area contributed by atoms with E-state index in [0.717, 1.165) is 35.7 Å². The number of nitrogens with zero attached hydrogens (tertiary/aromatic N) is 2.